The molecule has 0 atom stereocenters. The number of nitrogen functional groups attached to an aromatic ring is 1. The van der Waals surface area contributed by atoms with E-state index in [1.807, 2.05) is 5.38 Å². The Kier molecular flexibility index (Phi) is 4.46. The van der Waals surface area contributed by atoms with Gasteiger partial charge in [-0.3, -0.25) is 4.79 Å². The normalized spacial score (nSPS) is 10.4. The molecule has 2 aromatic rings. The molecule has 1 amide bonds. The van der Waals surface area contributed by atoms with E-state index in [9.17, 15) is 9.18 Å². The smallest absolute Gasteiger partial charge is 0.224 e. The van der Waals surface area contributed by atoms with Crippen LogP contribution in [0.1, 0.15) is 11.3 Å². The SMILES string of the molecule is Nc1nc(CCNC(=O)Cc2ccc(F)cc2)cs1. The molecule has 1 aromatic carbocycles. The zero-order valence-corrected chi connectivity index (χ0v) is 11.0. The highest BCUT2D eigenvalue weighted by Crippen LogP contribution is 2.10. The second-order valence-corrected chi connectivity index (χ2v) is 4.97. The van der Waals surface area contributed by atoms with Crippen molar-refractivity contribution in [3.05, 3.63) is 46.7 Å². The van der Waals surface area contributed by atoms with Crippen LogP contribution in [0.5, 0.6) is 0 Å². The molecule has 0 unspecified atom stereocenters. The minimum absolute atomic E-state index is 0.0881. The van der Waals surface area contributed by atoms with E-state index < -0.39 is 0 Å². The van der Waals surface area contributed by atoms with E-state index in [1.165, 1.54) is 23.5 Å². The molecule has 0 spiro atoms. The average Bonchev–Trinajstić information content (AvgIpc) is 2.78. The maximum Gasteiger partial charge on any atom is 0.224 e. The van der Waals surface area contributed by atoms with Crippen LogP contribution in [0.3, 0.4) is 0 Å². The lowest BCUT2D eigenvalue weighted by Crippen LogP contribution is -2.27. The average molecular weight is 279 g/mol. The highest BCUT2D eigenvalue weighted by molar-refractivity contribution is 7.13. The Morgan fingerprint density at radius 1 is 1.37 bits per heavy atom. The number of nitrogens with two attached hydrogens (primary N) is 1. The summed E-state index contributed by atoms with van der Waals surface area (Å²) in [5.41, 5.74) is 7.18. The minimum Gasteiger partial charge on any atom is -0.375 e. The number of nitrogens with zero attached hydrogens (tertiary/aromatic N) is 1. The van der Waals surface area contributed by atoms with Gasteiger partial charge in [-0.15, -0.1) is 11.3 Å². The lowest BCUT2D eigenvalue weighted by molar-refractivity contribution is -0.120. The van der Waals surface area contributed by atoms with Crippen molar-refractivity contribution >= 4 is 22.4 Å². The number of benzene rings is 1. The molecule has 6 heteroatoms. The number of carbonyl (C=O) groups is 1. The van der Waals surface area contributed by atoms with Crippen LogP contribution in [0.25, 0.3) is 0 Å². The third-order valence-corrected chi connectivity index (χ3v) is 3.27. The number of hydrogen-bond donors (Lipinski definition) is 2. The molecular weight excluding hydrogens is 265 g/mol. The fourth-order valence-electron chi connectivity index (χ4n) is 1.62. The first-order chi connectivity index (χ1) is 9.13. The number of amides is 1. The summed E-state index contributed by atoms with van der Waals surface area (Å²) in [4.78, 5) is 15.7. The molecule has 19 heavy (non-hydrogen) atoms. The number of carbonyl (C=O) groups excluding carboxylic acids is 1. The van der Waals surface area contributed by atoms with E-state index in [0.717, 1.165) is 11.3 Å². The fraction of sp³-hybridized carbons (Fsp3) is 0.231. The second kappa shape index (κ2) is 6.29. The Hall–Kier alpha value is -1.95. The van der Waals surface area contributed by atoms with Crippen molar-refractivity contribution in [2.45, 2.75) is 12.8 Å². The third kappa shape index (κ3) is 4.33. The molecule has 0 fully saturated rings. The number of thiazole rings is 1. The Bertz CT molecular complexity index is 553. The van der Waals surface area contributed by atoms with Gasteiger partial charge in [-0.2, -0.15) is 0 Å². The fourth-order valence-corrected chi connectivity index (χ4v) is 2.21. The largest absolute Gasteiger partial charge is 0.375 e. The van der Waals surface area contributed by atoms with Crippen molar-refractivity contribution in [1.82, 2.24) is 10.3 Å². The van der Waals surface area contributed by atoms with E-state index in [0.29, 0.717) is 18.1 Å². The number of hydrogen-bond acceptors (Lipinski definition) is 4. The predicted octanol–water partition coefficient (Wildman–Crippen LogP) is 1.77. The molecule has 0 aliphatic carbocycles. The quantitative estimate of drug-likeness (QED) is 0.876. The van der Waals surface area contributed by atoms with Gasteiger partial charge in [-0.1, -0.05) is 12.1 Å². The van der Waals surface area contributed by atoms with E-state index in [4.69, 9.17) is 5.73 Å². The van der Waals surface area contributed by atoms with Crippen molar-refractivity contribution in [1.29, 1.82) is 0 Å². The van der Waals surface area contributed by atoms with Crippen LogP contribution in [0.15, 0.2) is 29.6 Å². The van der Waals surface area contributed by atoms with E-state index in [2.05, 4.69) is 10.3 Å². The maximum atomic E-state index is 12.7. The van der Waals surface area contributed by atoms with Crippen molar-refractivity contribution in [3.63, 3.8) is 0 Å². The highest BCUT2D eigenvalue weighted by Gasteiger charge is 2.04. The Morgan fingerprint density at radius 2 is 2.11 bits per heavy atom. The zero-order chi connectivity index (χ0) is 13.7. The van der Waals surface area contributed by atoms with Crippen LogP contribution in [0, 0.1) is 5.82 Å². The first kappa shape index (κ1) is 13.5. The van der Waals surface area contributed by atoms with E-state index in [1.54, 1.807) is 12.1 Å². The molecule has 0 saturated carbocycles. The molecule has 0 bridgehead atoms. The van der Waals surface area contributed by atoms with Gasteiger partial charge in [0.2, 0.25) is 5.91 Å². The monoisotopic (exact) mass is 279 g/mol. The summed E-state index contributed by atoms with van der Waals surface area (Å²) in [7, 11) is 0. The summed E-state index contributed by atoms with van der Waals surface area (Å²) >= 11 is 1.39. The lowest BCUT2D eigenvalue weighted by Gasteiger charge is -2.04. The van der Waals surface area contributed by atoms with Gasteiger partial charge < -0.3 is 11.1 Å². The Morgan fingerprint density at radius 3 is 2.74 bits per heavy atom. The van der Waals surface area contributed by atoms with E-state index in [-0.39, 0.29) is 18.1 Å². The van der Waals surface area contributed by atoms with Crippen molar-refractivity contribution in [2.24, 2.45) is 0 Å². The molecule has 1 heterocycles. The Labute approximate surface area is 114 Å². The zero-order valence-electron chi connectivity index (χ0n) is 10.2. The summed E-state index contributed by atoms with van der Waals surface area (Å²) in [6.45, 7) is 0.517. The van der Waals surface area contributed by atoms with Gasteiger partial charge in [-0.25, -0.2) is 9.37 Å². The maximum absolute atomic E-state index is 12.7. The number of rotatable bonds is 5. The molecule has 1 aromatic heterocycles. The van der Waals surface area contributed by atoms with Gasteiger partial charge >= 0.3 is 0 Å². The predicted molar refractivity (Wildman–Crippen MR) is 73.3 cm³/mol. The van der Waals surface area contributed by atoms with Gasteiger partial charge in [0.05, 0.1) is 12.1 Å². The van der Waals surface area contributed by atoms with Crippen molar-refractivity contribution in [2.75, 3.05) is 12.3 Å². The van der Waals surface area contributed by atoms with Gasteiger partial charge in [0.15, 0.2) is 5.13 Å². The van der Waals surface area contributed by atoms with Gasteiger partial charge in [0.1, 0.15) is 5.82 Å². The lowest BCUT2D eigenvalue weighted by atomic mass is 10.1. The Balaban J connectivity index is 1.74. The molecular formula is C13H14FN3OS. The van der Waals surface area contributed by atoms with Gasteiger partial charge in [-0.05, 0) is 17.7 Å². The van der Waals surface area contributed by atoms with Gasteiger partial charge in [0, 0.05) is 18.3 Å². The van der Waals surface area contributed by atoms with Crippen LogP contribution in [0.4, 0.5) is 9.52 Å². The van der Waals surface area contributed by atoms with Gasteiger partial charge in [0.25, 0.3) is 0 Å². The molecule has 4 nitrogen and oxygen atoms in total. The molecule has 2 rings (SSSR count). The molecule has 0 radical (unpaired) electrons. The van der Waals surface area contributed by atoms with Crippen LogP contribution in [0.2, 0.25) is 0 Å². The molecule has 0 saturated heterocycles. The summed E-state index contributed by atoms with van der Waals surface area (Å²) < 4.78 is 12.7. The minimum atomic E-state index is -0.301. The first-order valence-electron chi connectivity index (χ1n) is 5.84. The van der Waals surface area contributed by atoms with Crippen LogP contribution >= 0.6 is 11.3 Å². The summed E-state index contributed by atoms with van der Waals surface area (Å²) in [5.74, 6) is -0.389. The van der Waals surface area contributed by atoms with Crippen LogP contribution < -0.4 is 11.1 Å². The summed E-state index contributed by atoms with van der Waals surface area (Å²) in [5, 5.41) is 5.21. The van der Waals surface area contributed by atoms with Crippen molar-refractivity contribution in [3.8, 4) is 0 Å². The molecule has 100 valence electrons. The standard InChI is InChI=1S/C13H14FN3OS/c14-10-3-1-9(2-4-10)7-12(18)16-6-5-11-8-19-13(15)17-11/h1-4,8H,5-7H2,(H2,15,17)(H,16,18). The summed E-state index contributed by atoms with van der Waals surface area (Å²) in [6, 6.07) is 5.91. The summed E-state index contributed by atoms with van der Waals surface area (Å²) in [6.07, 6.45) is 0.905. The highest BCUT2D eigenvalue weighted by atomic mass is 32.1. The molecule has 0 aliphatic rings. The van der Waals surface area contributed by atoms with Crippen LogP contribution in [-0.2, 0) is 17.6 Å². The number of aromatic nitrogens is 1. The van der Waals surface area contributed by atoms with Crippen molar-refractivity contribution < 1.29 is 9.18 Å². The number of halogens is 1. The third-order valence-electron chi connectivity index (χ3n) is 2.55. The first-order valence-corrected chi connectivity index (χ1v) is 6.72. The number of nitrogens with one attached hydrogen (secondary N) is 1. The molecule has 0 aliphatic heterocycles. The number of anilines is 1. The van der Waals surface area contributed by atoms with E-state index >= 15 is 0 Å². The second-order valence-electron chi connectivity index (χ2n) is 4.08. The van der Waals surface area contributed by atoms with Crippen LogP contribution in [-0.4, -0.2) is 17.4 Å². The topological polar surface area (TPSA) is 68.0 Å². The molecule has 3 N–H and O–H groups in total.